The van der Waals surface area contributed by atoms with Gasteiger partial charge >= 0.3 is 0 Å². The Morgan fingerprint density at radius 1 is 0.219 bits per heavy atom. The van der Waals surface area contributed by atoms with Crippen LogP contribution in [0, 0.1) is 0 Å². The van der Waals surface area contributed by atoms with Crippen LogP contribution < -0.4 is 0 Å². The molecule has 8 aromatic heterocycles. The van der Waals surface area contributed by atoms with Gasteiger partial charge in [0.2, 0.25) is 0 Å². The number of halogens is 1. The Bertz CT molecular complexity index is 7690. The largest absolute Gasteiger partial charge is 0.455 e. The van der Waals surface area contributed by atoms with Gasteiger partial charge in [-0.2, -0.15) is 0 Å². The van der Waals surface area contributed by atoms with E-state index in [0.717, 1.165) is 115 Å². The summed E-state index contributed by atoms with van der Waals surface area (Å²) in [7, 11) is 0. The van der Waals surface area contributed by atoms with Crippen molar-refractivity contribution in [3.63, 3.8) is 0 Å². The first-order valence-corrected chi connectivity index (χ1v) is 36.2. The lowest BCUT2D eigenvalue weighted by Crippen LogP contribution is -1.95. The van der Waals surface area contributed by atoms with Crippen LogP contribution in [0.3, 0.4) is 0 Å². The lowest BCUT2D eigenvalue weighted by molar-refractivity contribution is 0.660. The van der Waals surface area contributed by atoms with Crippen LogP contribution in [-0.2, 0) is 0 Å². The molecule has 0 saturated heterocycles. The van der Waals surface area contributed by atoms with Gasteiger partial charge in [0.1, 0.15) is 33.5 Å². The van der Waals surface area contributed by atoms with E-state index in [-0.39, 0.29) is 0 Å². The Morgan fingerprint density at radius 3 is 1.06 bits per heavy atom. The van der Waals surface area contributed by atoms with Gasteiger partial charge < -0.3 is 36.4 Å². The molecule has 492 valence electrons. The molecule has 8 heterocycles. The predicted octanol–water partition coefficient (Wildman–Crippen LogP) is 27.7. The highest BCUT2D eigenvalue weighted by atomic mass is 79.9. The smallest absolute Gasteiger partial charge is 0.163 e. The molecule has 0 bridgehead atoms. The molecule has 16 aromatic carbocycles. The number of rotatable bonds is 5. The van der Waals surface area contributed by atoms with Crippen LogP contribution in [0.5, 0.6) is 0 Å². The first-order valence-electron chi connectivity index (χ1n) is 35.4. The van der Waals surface area contributed by atoms with Gasteiger partial charge in [0.05, 0.1) is 54.0 Å². The van der Waals surface area contributed by atoms with Gasteiger partial charge in [0.25, 0.3) is 0 Å². The second-order valence-electron chi connectivity index (χ2n) is 27.2. The normalized spacial score (nSPS) is 12.0. The fourth-order valence-corrected chi connectivity index (χ4v) is 17.2. The second kappa shape index (κ2) is 23.2. The summed E-state index contributed by atoms with van der Waals surface area (Å²) in [5, 5.41) is 18.6. The third-order valence-electron chi connectivity index (χ3n) is 21.4. The molecule has 0 aliphatic carbocycles. The van der Waals surface area contributed by atoms with E-state index in [0.29, 0.717) is 0 Å². The quantitative estimate of drug-likeness (QED) is 0.186. The minimum atomic E-state index is 0.819. The Hall–Kier alpha value is -13.6. The van der Waals surface area contributed by atoms with Gasteiger partial charge in [-0.3, -0.25) is 0 Å². The Morgan fingerprint density at radius 2 is 0.552 bits per heavy atom. The molecule has 0 aliphatic heterocycles. The molecule has 0 spiro atoms. The first-order chi connectivity index (χ1) is 52.0. The summed E-state index contributed by atoms with van der Waals surface area (Å²) >= 11 is 3.63. The number of benzene rings is 16. The van der Waals surface area contributed by atoms with Crippen molar-refractivity contribution in [1.29, 1.82) is 0 Å². The Balaban J connectivity index is 0.000000110. The van der Waals surface area contributed by atoms with Crippen molar-refractivity contribution in [2.75, 3.05) is 0 Å². The van der Waals surface area contributed by atoms with Crippen LogP contribution in [0.25, 0.3) is 214 Å². The summed E-state index contributed by atoms with van der Waals surface area (Å²) in [6, 6.07) is 120. The lowest BCUT2D eigenvalue weighted by atomic mass is 10.0. The number of nitrogens with one attached hydrogen (secondary N) is 1. The zero-order valence-electron chi connectivity index (χ0n) is 56.2. The molecule has 0 radical (unpaired) electrons. The van der Waals surface area contributed by atoms with Crippen molar-refractivity contribution in [2.45, 2.75) is 0 Å². The molecule has 0 aliphatic rings. The highest BCUT2D eigenvalue weighted by Crippen LogP contribution is 2.47. The fourth-order valence-electron chi connectivity index (χ4n) is 16.7. The molecule has 0 saturated carbocycles. The average Bonchev–Trinajstić information content (AvgIpc) is 1.56. The van der Waals surface area contributed by atoms with E-state index in [1.807, 2.05) is 60.7 Å². The third kappa shape index (κ3) is 9.11. The van der Waals surface area contributed by atoms with Crippen LogP contribution in [0.15, 0.2) is 362 Å². The molecule has 9 heteroatoms. The van der Waals surface area contributed by atoms with Crippen LogP contribution >= 0.6 is 15.9 Å². The van der Waals surface area contributed by atoms with Crippen LogP contribution in [0.1, 0.15) is 0 Å². The topological polar surface area (TPSA) is 83.1 Å². The molecule has 24 rings (SSSR count). The van der Waals surface area contributed by atoms with Gasteiger partial charge in [0.15, 0.2) is 11.2 Å². The van der Waals surface area contributed by atoms with Gasteiger partial charge in [-0.25, -0.2) is 0 Å². The van der Waals surface area contributed by atoms with E-state index in [1.54, 1.807) is 0 Å². The number of para-hydroxylation sites is 10. The number of hydrogen-bond donors (Lipinski definition) is 1. The number of aromatic amines is 1. The number of H-pyrrole nitrogens is 1. The van der Waals surface area contributed by atoms with Crippen LogP contribution in [0.2, 0.25) is 0 Å². The fraction of sp³-hybridized carbons (Fsp3) is 0. The van der Waals surface area contributed by atoms with Gasteiger partial charge in [-0.15, -0.1) is 0 Å². The number of aromatic nitrogens is 4. The number of nitrogens with zero attached hydrogens (tertiary/aromatic N) is 3. The average molecular weight is 1410 g/mol. The molecule has 1 N–H and O–H groups in total. The van der Waals surface area contributed by atoms with Crippen LogP contribution in [-0.4, -0.2) is 18.7 Å². The molecular formula is C96H57BrN4O4. The lowest BCUT2D eigenvalue weighted by Gasteiger charge is -2.10. The maximum Gasteiger partial charge on any atom is 0.163 e. The van der Waals surface area contributed by atoms with Gasteiger partial charge in [0, 0.05) is 97.8 Å². The number of furan rings is 4. The van der Waals surface area contributed by atoms with Crippen molar-refractivity contribution < 1.29 is 17.7 Å². The third-order valence-corrected chi connectivity index (χ3v) is 22.0. The molecule has 105 heavy (non-hydrogen) atoms. The summed E-state index contributed by atoms with van der Waals surface area (Å²) in [6.07, 6.45) is 0. The molecular weight excluding hydrogens is 1350 g/mol. The van der Waals surface area contributed by atoms with E-state index >= 15 is 0 Å². The molecule has 8 nitrogen and oxygen atoms in total. The van der Waals surface area contributed by atoms with Gasteiger partial charge in [-0.1, -0.05) is 206 Å². The molecule has 0 atom stereocenters. The zero-order chi connectivity index (χ0) is 69.0. The Labute approximate surface area is 606 Å². The van der Waals surface area contributed by atoms with Crippen LogP contribution in [0.4, 0.5) is 0 Å². The van der Waals surface area contributed by atoms with Crippen molar-refractivity contribution in [2.24, 2.45) is 0 Å². The summed E-state index contributed by atoms with van der Waals surface area (Å²) in [5.74, 6) is 0. The summed E-state index contributed by atoms with van der Waals surface area (Å²) < 4.78 is 33.4. The second-order valence-corrected chi connectivity index (χ2v) is 28.0. The molecule has 0 unspecified atom stereocenters. The van der Waals surface area contributed by atoms with E-state index in [9.17, 15) is 0 Å². The first kappa shape index (κ1) is 59.1. The maximum atomic E-state index is 6.73. The molecule has 24 aromatic rings. The minimum absolute atomic E-state index is 0.819. The zero-order valence-corrected chi connectivity index (χ0v) is 57.8. The number of hydrogen-bond acceptors (Lipinski definition) is 4. The number of fused-ring (bicyclic) bond motifs is 26. The van der Waals surface area contributed by atoms with Crippen molar-refractivity contribution in [3.05, 3.63) is 344 Å². The molecule has 0 fully saturated rings. The van der Waals surface area contributed by atoms with E-state index in [1.165, 1.54) is 104 Å². The highest BCUT2D eigenvalue weighted by Gasteiger charge is 2.25. The summed E-state index contributed by atoms with van der Waals surface area (Å²) in [4.78, 5) is 3.53. The van der Waals surface area contributed by atoms with Crippen molar-refractivity contribution in [1.82, 2.24) is 18.7 Å². The Kier molecular flexibility index (Phi) is 13.1. The van der Waals surface area contributed by atoms with E-state index < -0.39 is 0 Å². The van der Waals surface area contributed by atoms with Crippen molar-refractivity contribution in [3.8, 4) is 39.3 Å². The monoisotopic (exact) mass is 1410 g/mol. The highest BCUT2D eigenvalue weighted by molar-refractivity contribution is 9.10. The summed E-state index contributed by atoms with van der Waals surface area (Å²) in [6.45, 7) is 0. The van der Waals surface area contributed by atoms with Crippen molar-refractivity contribution >= 4 is 191 Å². The van der Waals surface area contributed by atoms with E-state index in [4.69, 9.17) is 17.7 Å². The maximum absolute atomic E-state index is 6.73. The standard InChI is InChI=1S/C48H28N2O2.C30H20N2.C18H9BrO2/c1-2-12-31(13-3-1)49-39-18-8-4-14-32(39)36-26-29(22-24-41(36)49)30-23-25-42-37(27-30)33-15-5-9-19-40(33)50(42)43-28-38-34-16-6-10-20-44(34)51-47(38)46-35-17-7-11-21-45(35)52-48(43)46;1-2-8-22(9-3-1)32-29-13-7-5-11-24(29)26-19-21(15-17-30(26)32)20-14-16-28-25(18-20)23-10-4-6-12-27(23)31-28;19-13-9-12-10-5-1-3-7-14(10)20-17(12)16-11-6-2-4-8-15(11)21-18(13)16/h1-28H;1-19,31H;1-9H. The summed E-state index contributed by atoms with van der Waals surface area (Å²) in [5.41, 5.74) is 24.6. The SMILES string of the molecule is Brc1cc2c3ccccc3oc2c2c1oc1ccccc12.c1ccc(-n2c3ccccc3c3cc(-c4ccc5[nH]c6ccccc6c5c4)ccc32)cc1.c1ccc(-n2c3ccccc3c3cc(-c4ccc5c(c4)c4ccccc4n5-c4cc5c6ccccc6oc5c5c4oc4ccccc45)ccc32)cc1. The predicted molar refractivity (Wildman–Crippen MR) is 439 cm³/mol. The molecule has 0 amide bonds. The van der Waals surface area contributed by atoms with Gasteiger partial charge in [-0.05, 0) is 172 Å². The van der Waals surface area contributed by atoms with E-state index in [2.05, 4.69) is 314 Å². The minimum Gasteiger partial charge on any atom is -0.455 e.